The summed E-state index contributed by atoms with van der Waals surface area (Å²) in [7, 11) is 1.62. The first kappa shape index (κ1) is 23.5. The van der Waals surface area contributed by atoms with Crippen molar-refractivity contribution in [1.82, 2.24) is 9.78 Å². The molecule has 6 heteroatoms. The summed E-state index contributed by atoms with van der Waals surface area (Å²) in [6.45, 7) is 2.64. The summed E-state index contributed by atoms with van der Waals surface area (Å²) < 4.78 is 7.09. The zero-order valence-corrected chi connectivity index (χ0v) is 19.7. The molecule has 0 bridgehead atoms. The van der Waals surface area contributed by atoms with Crippen LogP contribution in [0.4, 0.5) is 5.69 Å². The molecule has 0 spiro atoms. The van der Waals surface area contributed by atoms with E-state index in [9.17, 15) is 10.1 Å². The van der Waals surface area contributed by atoms with E-state index in [2.05, 4.69) is 12.2 Å². The molecule has 0 atom stereocenters. The number of anilines is 1. The Morgan fingerprint density at radius 3 is 2.37 bits per heavy atom. The number of aromatic nitrogens is 2. The Morgan fingerprint density at radius 2 is 1.74 bits per heavy atom. The zero-order chi connectivity index (χ0) is 24.6. The Bertz CT molecular complexity index is 1360. The lowest BCUT2D eigenvalue weighted by molar-refractivity contribution is -0.112. The normalized spacial score (nSPS) is 11.1. The van der Waals surface area contributed by atoms with Crippen LogP contribution >= 0.6 is 0 Å². The number of rotatable bonds is 8. The lowest BCUT2D eigenvalue weighted by Crippen LogP contribution is -2.13. The van der Waals surface area contributed by atoms with Gasteiger partial charge in [0.25, 0.3) is 5.91 Å². The van der Waals surface area contributed by atoms with Crippen molar-refractivity contribution in [2.24, 2.45) is 0 Å². The SMILES string of the molecule is CCc1ccc(NC(=O)C(C#N)=Cc2cn(Cc3ccccc3)nc2-c2ccc(OC)cc2)cc1. The monoisotopic (exact) mass is 462 g/mol. The molecular formula is C29H26N4O2. The predicted octanol–water partition coefficient (Wildman–Crippen LogP) is 5.72. The maximum atomic E-state index is 12.9. The van der Waals surface area contributed by atoms with Gasteiger partial charge in [-0.05, 0) is 60.0 Å². The molecule has 4 rings (SSSR count). The minimum absolute atomic E-state index is 0.00130. The van der Waals surface area contributed by atoms with E-state index < -0.39 is 5.91 Å². The highest BCUT2D eigenvalue weighted by Crippen LogP contribution is 2.27. The quantitative estimate of drug-likeness (QED) is 0.268. The van der Waals surface area contributed by atoms with Crippen LogP contribution in [0, 0.1) is 11.3 Å². The standard InChI is InChI=1S/C29H26N4O2/c1-3-21-9-13-26(14-10-21)31-29(34)24(18-30)17-25-20-33(19-22-7-5-4-6-8-22)32-28(25)23-11-15-27(35-2)16-12-23/h4-17,20H,3,19H2,1-2H3,(H,31,34). The third-order valence-corrected chi connectivity index (χ3v) is 5.63. The fourth-order valence-corrected chi connectivity index (χ4v) is 3.69. The van der Waals surface area contributed by atoms with Gasteiger partial charge in [0.1, 0.15) is 17.4 Å². The van der Waals surface area contributed by atoms with Crippen LogP contribution in [0.25, 0.3) is 17.3 Å². The second kappa shape index (κ2) is 11.0. The zero-order valence-electron chi connectivity index (χ0n) is 19.7. The molecule has 35 heavy (non-hydrogen) atoms. The van der Waals surface area contributed by atoms with E-state index in [0.29, 0.717) is 23.5 Å². The van der Waals surface area contributed by atoms with Gasteiger partial charge in [-0.25, -0.2) is 0 Å². The molecule has 0 aliphatic rings. The van der Waals surface area contributed by atoms with Gasteiger partial charge in [0.2, 0.25) is 0 Å². The first-order chi connectivity index (χ1) is 17.1. The minimum Gasteiger partial charge on any atom is -0.497 e. The van der Waals surface area contributed by atoms with Gasteiger partial charge in [-0.2, -0.15) is 10.4 Å². The van der Waals surface area contributed by atoms with Crippen LogP contribution in [0.15, 0.2) is 90.6 Å². The smallest absolute Gasteiger partial charge is 0.266 e. The van der Waals surface area contributed by atoms with Crippen molar-refractivity contribution in [3.63, 3.8) is 0 Å². The molecule has 3 aromatic carbocycles. The molecule has 1 heterocycles. The molecule has 1 aromatic heterocycles. The molecule has 0 saturated heterocycles. The van der Waals surface area contributed by atoms with Crippen LogP contribution in [0.3, 0.4) is 0 Å². The summed E-state index contributed by atoms with van der Waals surface area (Å²) >= 11 is 0. The van der Waals surface area contributed by atoms with E-state index >= 15 is 0 Å². The highest BCUT2D eigenvalue weighted by molar-refractivity contribution is 6.10. The van der Waals surface area contributed by atoms with E-state index in [1.165, 1.54) is 5.56 Å². The maximum Gasteiger partial charge on any atom is 0.266 e. The summed E-state index contributed by atoms with van der Waals surface area (Å²) in [5.41, 5.74) is 5.13. The number of hydrogen-bond donors (Lipinski definition) is 1. The van der Waals surface area contributed by atoms with Crippen molar-refractivity contribution in [3.05, 3.63) is 107 Å². The average Bonchev–Trinajstić information content (AvgIpc) is 3.30. The molecule has 0 aliphatic carbocycles. The molecule has 6 nitrogen and oxygen atoms in total. The summed E-state index contributed by atoms with van der Waals surface area (Å²) in [5.74, 6) is 0.272. The van der Waals surface area contributed by atoms with Gasteiger partial charge < -0.3 is 10.1 Å². The molecule has 1 amide bonds. The van der Waals surface area contributed by atoms with Crippen LogP contribution in [0.5, 0.6) is 5.75 Å². The molecule has 0 saturated carbocycles. The van der Waals surface area contributed by atoms with Gasteiger partial charge in [0, 0.05) is 23.0 Å². The molecule has 0 unspecified atom stereocenters. The molecule has 174 valence electrons. The number of nitrogens with one attached hydrogen (secondary N) is 1. The number of carbonyl (C=O) groups excluding carboxylic acids is 1. The molecular weight excluding hydrogens is 436 g/mol. The molecule has 4 aromatic rings. The fourth-order valence-electron chi connectivity index (χ4n) is 3.69. The first-order valence-electron chi connectivity index (χ1n) is 11.4. The molecule has 0 fully saturated rings. The van der Waals surface area contributed by atoms with Gasteiger partial charge in [-0.15, -0.1) is 0 Å². The van der Waals surface area contributed by atoms with Crippen LogP contribution in [-0.2, 0) is 17.8 Å². The van der Waals surface area contributed by atoms with E-state index in [1.54, 1.807) is 13.2 Å². The fraction of sp³-hybridized carbons (Fsp3) is 0.138. The van der Waals surface area contributed by atoms with Crippen molar-refractivity contribution in [1.29, 1.82) is 5.26 Å². The Balaban J connectivity index is 1.67. The van der Waals surface area contributed by atoms with E-state index in [4.69, 9.17) is 9.84 Å². The van der Waals surface area contributed by atoms with Crippen molar-refractivity contribution >= 4 is 17.7 Å². The van der Waals surface area contributed by atoms with Crippen LogP contribution in [0.2, 0.25) is 0 Å². The second-order valence-corrected chi connectivity index (χ2v) is 8.02. The van der Waals surface area contributed by atoms with E-state index in [0.717, 1.165) is 23.3 Å². The van der Waals surface area contributed by atoms with Crippen molar-refractivity contribution in [2.45, 2.75) is 19.9 Å². The largest absolute Gasteiger partial charge is 0.497 e. The van der Waals surface area contributed by atoms with Crippen molar-refractivity contribution < 1.29 is 9.53 Å². The van der Waals surface area contributed by atoms with Gasteiger partial charge >= 0.3 is 0 Å². The second-order valence-electron chi connectivity index (χ2n) is 8.02. The predicted molar refractivity (Wildman–Crippen MR) is 138 cm³/mol. The minimum atomic E-state index is -0.465. The van der Waals surface area contributed by atoms with Gasteiger partial charge in [0.05, 0.1) is 19.3 Å². The first-order valence-corrected chi connectivity index (χ1v) is 11.4. The Morgan fingerprint density at radius 1 is 1.03 bits per heavy atom. The number of benzene rings is 3. The van der Waals surface area contributed by atoms with Gasteiger partial charge in [-0.3, -0.25) is 9.48 Å². The average molecular weight is 463 g/mol. The molecule has 1 N–H and O–H groups in total. The number of nitriles is 1. The highest BCUT2D eigenvalue weighted by atomic mass is 16.5. The summed E-state index contributed by atoms with van der Waals surface area (Å²) in [6.07, 6.45) is 4.36. The van der Waals surface area contributed by atoms with Crippen LogP contribution < -0.4 is 10.1 Å². The summed E-state index contributed by atoms with van der Waals surface area (Å²) in [4.78, 5) is 12.9. The Hall–Kier alpha value is -4.63. The van der Waals surface area contributed by atoms with E-state index in [1.807, 2.05) is 95.8 Å². The van der Waals surface area contributed by atoms with Crippen molar-refractivity contribution in [2.75, 3.05) is 12.4 Å². The molecule has 0 aliphatic heterocycles. The highest BCUT2D eigenvalue weighted by Gasteiger charge is 2.15. The van der Waals surface area contributed by atoms with Gasteiger partial charge in [-0.1, -0.05) is 49.4 Å². The summed E-state index contributed by atoms with van der Waals surface area (Å²) in [5, 5.41) is 17.3. The van der Waals surface area contributed by atoms with E-state index in [-0.39, 0.29) is 5.57 Å². The number of amides is 1. The third-order valence-electron chi connectivity index (χ3n) is 5.63. The number of aryl methyl sites for hydroxylation is 1. The van der Waals surface area contributed by atoms with Crippen molar-refractivity contribution in [3.8, 4) is 23.1 Å². The number of carbonyl (C=O) groups is 1. The Labute approximate surface area is 205 Å². The number of nitrogens with zero attached hydrogens (tertiary/aromatic N) is 3. The number of methoxy groups -OCH3 is 1. The summed E-state index contributed by atoms with van der Waals surface area (Å²) in [6, 6.07) is 27.2. The maximum absolute atomic E-state index is 12.9. The topological polar surface area (TPSA) is 79.9 Å². The van der Waals surface area contributed by atoms with Crippen LogP contribution in [-0.4, -0.2) is 22.8 Å². The number of ether oxygens (including phenoxy) is 1. The van der Waals surface area contributed by atoms with Crippen LogP contribution in [0.1, 0.15) is 23.6 Å². The van der Waals surface area contributed by atoms with Gasteiger partial charge in [0.15, 0.2) is 0 Å². The Kier molecular flexibility index (Phi) is 7.39. The third kappa shape index (κ3) is 5.84. The lowest BCUT2D eigenvalue weighted by Gasteiger charge is -2.06. The number of hydrogen-bond acceptors (Lipinski definition) is 4. The lowest BCUT2D eigenvalue weighted by atomic mass is 10.1. The molecule has 0 radical (unpaired) electrons.